The Labute approximate surface area is 132 Å². The van der Waals surface area contributed by atoms with Crippen molar-refractivity contribution in [2.24, 2.45) is 0 Å². The quantitative estimate of drug-likeness (QED) is 0.725. The number of imidazole rings is 1. The van der Waals surface area contributed by atoms with E-state index in [9.17, 15) is 5.26 Å². The molecule has 112 valence electrons. The maximum atomic E-state index is 9.48. The van der Waals surface area contributed by atoms with Crippen LogP contribution >= 0.6 is 11.3 Å². The molecule has 0 radical (unpaired) electrons. The topological polar surface area (TPSA) is 63.2 Å². The summed E-state index contributed by atoms with van der Waals surface area (Å²) in [5.41, 5.74) is 1.99. The van der Waals surface area contributed by atoms with E-state index in [1.165, 1.54) is 11.3 Å². The van der Waals surface area contributed by atoms with Gasteiger partial charge in [-0.1, -0.05) is 44.2 Å². The number of methoxy groups -OCH3 is 1. The van der Waals surface area contributed by atoms with Crippen molar-refractivity contribution in [3.8, 4) is 22.4 Å². The van der Waals surface area contributed by atoms with Gasteiger partial charge in [-0.05, 0) is 12.1 Å². The van der Waals surface area contributed by atoms with Gasteiger partial charge in [0, 0.05) is 5.41 Å². The molecule has 0 saturated heterocycles. The Bertz CT molecular complexity index is 880. The normalized spacial score (nSPS) is 11.6. The zero-order valence-corrected chi connectivity index (χ0v) is 13.7. The number of para-hydroxylation sites is 1. The van der Waals surface area contributed by atoms with Crippen LogP contribution in [0.5, 0.6) is 5.75 Å². The molecule has 0 bridgehead atoms. The lowest BCUT2D eigenvalue weighted by molar-refractivity contribution is 0.416. The van der Waals surface area contributed by atoms with Crippen LogP contribution in [-0.2, 0) is 5.41 Å². The summed E-state index contributed by atoms with van der Waals surface area (Å²) >= 11 is 1.46. The van der Waals surface area contributed by atoms with Crippen LogP contribution in [0.2, 0.25) is 0 Å². The average Bonchev–Trinajstić information content (AvgIpc) is 3.03. The highest BCUT2D eigenvalue weighted by Gasteiger charge is 2.26. The number of fused-ring (bicyclic) bond motifs is 1. The minimum Gasteiger partial charge on any atom is -0.496 e. The van der Waals surface area contributed by atoms with E-state index in [4.69, 9.17) is 4.74 Å². The van der Waals surface area contributed by atoms with Gasteiger partial charge in [-0.25, -0.2) is 4.98 Å². The van der Waals surface area contributed by atoms with Gasteiger partial charge >= 0.3 is 0 Å². The van der Waals surface area contributed by atoms with Crippen molar-refractivity contribution < 1.29 is 4.74 Å². The molecule has 6 heteroatoms. The zero-order valence-electron chi connectivity index (χ0n) is 12.9. The highest BCUT2D eigenvalue weighted by atomic mass is 32.1. The molecule has 0 aliphatic carbocycles. The van der Waals surface area contributed by atoms with E-state index >= 15 is 0 Å². The number of rotatable bonds is 2. The van der Waals surface area contributed by atoms with E-state index in [1.54, 1.807) is 11.6 Å². The predicted octanol–water partition coefficient (Wildman–Crippen LogP) is 3.64. The first-order valence-corrected chi connectivity index (χ1v) is 7.71. The number of aromatic nitrogens is 3. The molecule has 0 saturated carbocycles. The second kappa shape index (κ2) is 5.11. The number of benzene rings is 1. The fourth-order valence-electron chi connectivity index (χ4n) is 2.30. The van der Waals surface area contributed by atoms with E-state index in [-0.39, 0.29) is 5.41 Å². The third-order valence-electron chi connectivity index (χ3n) is 3.36. The Hall–Kier alpha value is -2.39. The van der Waals surface area contributed by atoms with Gasteiger partial charge in [0.15, 0.2) is 10.7 Å². The van der Waals surface area contributed by atoms with Crippen molar-refractivity contribution in [1.82, 2.24) is 14.6 Å². The summed E-state index contributed by atoms with van der Waals surface area (Å²) in [4.78, 5) is 5.34. The van der Waals surface area contributed by atoms with E-state index in [1.807, 2.05) is 45.0 Å². The smallest absolute Gasteiger partial charge is 0.214 e. The summed E-state index contributed by atoms with van der Waals surface area (Å²) < 4.78 is 7.01. The summed E-state index contributed by atoms with van der Waals surface area (Å²) in [5, 5.41) is 14.8. The molecular formula is C16H16N4OS. The Morgan fingerprint density at radius 1 is 1.27 bits per heavy atom. The van der Waals surface area contributed by atoms with Crippen LogP contribution in [0.4, 0.5) is 0 Å². The molecule has 0 aliphatic rings. The van der Waals surface area contributed by atoms with E-state index in [0.717, 1.165) is 27.0 Å². The first-order chi connectivity index (χ1) is 10.5. The van der Waals surface area contributed by atoms with Crippen molar-refractivity contribution >= 4 is 16.3 Å². The number of ether oxygens (including phenoxy) is 1. The molecule has 2 aromatic heterocycles. The van der Waals surface area contributed by atoms with Crippen LogP contribution in [-0.4, -0.2) is 21.7 Å². The third kappa shape index (κ3) is 2.24. The summed E-state index contributed by atoms with van der Waals surface area (Å²) in [5.74, 6) is 0.758. The Morgan fingerprint density at radius 2 is 2.00 bits per heavy atom. The summed E-state index contributed by atoms with van der Waals surface area (Å²) in [6.45, 7) is 6.13. The van der Waals surface area contributed by atoms with E-state index < -0.39 is 0 Å². The number of hydrogen-bond acceptors (Lipinski definition) is 5. The van der Waals surface area contributed by atoms with Crippen LogP contribution in [0.3, 0.4) is 0 Å². The lowest BCUT2D eigenvalue weighted by Crippen LogP contribution is -2.14. The Balaban J connectivity index is 2.21. The van der Waals surface area contributed by atoms with Crippen LogP contribution in [0.25, 0.3) is 15.5 Å². The molecule has 3 aromatic rings. The average molecular weight is 312 g/mol. The number of hydrogen-bond donors (Lipinski definition) is 0. The van der Waals surface area contributed by atoms with Crippen molar-refractivity contribution in [3.63, 3.8) is 0 Å². The van der Waals surface area contributed by atoms with Crippen LogP contribution < -0.4 is 4.74 Å². The fourth-order valence-corrected chi connectivity index (χ4v) is 3.23. The molecule has 0 aliphatic heterocycles. The van der Waals surface area contributed by atoms with Crippen LogP contribution in [0.1, 0.15) is 32.2 Å². The van der Waals surface area contributed by atoms with Crippen molar-refractivity contribution in [2.75, 3.05) is 7.11 Å². The number of nitriles is 1. The largest absolute Gasteiger partial charge is 0.496 e. The first kappa shape index (κ1) is 14.5. The molecule has 0 spiro atoms. The molecule has 2 heterocycles. The second-order valence-corrected chi connectivity index (χ2v) is 6.93. The molecule has 22 heavy (non-hydrogen) atoms. The van der Waals surface area contributed by atoms with Crippen LogP contribution in [0.15, 0.2) is 24.3 Å². The molecule has 0 atom stereocenters. The third-order valence-corrected chi connectivity index (χ3v) is 4.30. The van der Waals surface area contributed by atoms with E-state index in [2.05, 4.69) is 16.2 Å². The Morgan fingerprint density at radius 3 is 2.64 bits per heavy atom. The second-order valence-electron chi connectivity index (χ2n) is 5.97. The highest BCUT2D eigenvalue weighted by Crippen LogP contribution is 2.35. The highest BCUT2D eigenvalue weighted by molar-refractivity contribution is 7.19. The summed E-state index contributed by atoms with van der Waals surface area (Å²) in [6, 6.07) is 9.93. The van der Waals surface area contributed by atoms with Gasteiger partial charge in [0.2, 0.25) is 4.96 Å². The SMILES string of the molecule is COc1ccccc1-c1nn2c(C#N)c(C(C)(C)C)nc2s1. The first-order valence-electron chi connectivity index (χ1n) is 6.89. The van der Waals surface area contributed by atoms with Crippen LogP contribution in [0, 0.1) is 11.3 Å². The van der Waals surface area contributed by atoms with Gasteiger partial charge in [0.05, 0.1) is 18.4 Å². The van der Waals surface area contributed by atoms with Gasteiger partial charge in [0.25, 0.3) is 0 Å². The lowest BCUT2D eigenvalue weighted by atomic mass is 9.91. The van der Waals surface area contributed by atoms with Crippen molar-refractivity contribution in [3.05, 3.63) is 35.7 Å². The lowest BCUT2D eigenvalue weighted by Gasteiger charge is -2.14. The molecule has 5 nitrogen and oxygen atoms in total. The zero-order chi connectivity index (χ0) is 15.9. The molecule has 1 aromatic carbocycles. The maximum absolute atomic E-state index is 9.48. The number of nitrogens with zero attached hydrogens (tertiary/aromatic N) is 4. The van der Waals surface area contributed by atoms with Gasteiger partial charge in [0.1, 0.15) is 11.8 Å². The predicted molar refractivity (Wildman–Crippen MR) is 86.3 cm³/mol. The minimum atomic E-state index is -0.191. The molecule has 0 amide bonds. The minimum absolute atomic E-state index is 0.191. The van der Waals surface area contributed by atoms with Gasteiger partial charge < -0.3 is 4.74 Å². The van der Waals surface area contributed by atoms with Gasteiger partial charge in [-0.2, -0.15) is 14.9 Å². The standard InChI is InChI=1S/C16H16N4OS/c1-16(2,3)13-11(9-17)20-15(18-13)22-14(19-20)10-7-5-6-8-12(10)21-4/h5-8H,1-4H3. The fraction of sp³-hybridized carbons (Fsp3) is 0.312. The van der Waals surface area contributed by atoms with Gasteiger partial charge in [-0.15, -0.1) is 0 Å². The molecule has 0 fully saturated rings. The molecule has 0 unspecified atom stereocenters. The maximum Gasteiger partial charge on any atom is 0.214 e. The molecule has 0 N–H and O–H groups in total. The summed E-state index contributed by atoms with van der Waals surface area (Å²) in [6.07, 6.45) is 0. The van der Waals surface area contributed by atoms with Crippen molar-refractivity contribution in [1.29, 1.82) is 5.26 Å². The monoisotopic (exact) mass is 312 g/mol. The van der Waals surface area contributed by atoms with E-state index in [0.29, 0.717) is 5.69 Å². The summed E-state index contributed by atoms with van der Waals surface area (Å²) in [7, 11) is 1.63. The molecule has 3 rings (SSSR count). The molecular weight excluding hydrogens is 296 g/mol. The van der Waals surface area contributed by atoms with Gasteiger partial charge in [-0.3, -0.25) is 0 Å². The van der Waals surface area contributed by atoms with Crippen molar-refractivity contribution in [2.45, 2.75) is 26.2 Å². The Kier molecular flexibility index (Phi) is 3.38.